The highest BCUT2D eigenvalue weighted by atomic mass is 32.2. The summed E-state index contributed by atoms with van der Waals surface area (Å²) in [6, 6.07) is 16.4. The summed E-state index contributed by atoms with van der Waals surface area (Å²) in [5.41, 5.74) is 3.47. The van der Waals surface area contributed by atoms with Crippen LogP contribution in [-0.2, 0) is 23.1 Å². The minimum Gasteiger partial charge on any atom is -0.330 e. The first-order valence-electron chi connectivity index (χ1n) is 10.8. The third-order valence-corrected chi connectivity index (χ3v) is 6.95. The molecule has 0 atom stereocenters. The third-order valence-electron chi connectivity index (χ3n) is 5.20. The van der Waals surface area contributed by atoms with Crippen molar-refractivity contribution < 1.29 is 13.2 Å². The van der Waals surface area contributed by atoms with Crippen molar-refractivity contribution >= 4 is 15.9 Å². The quantitative estimate of drug-likeness (QED) is 0.552. The number of rotatable bonds is 7. The standard InChI is InChI=1S/C26H31N3O3S/c1-19-9-6-7-11-22(19)18-29(17-21-10-8-14-27-16-21)25(30)24-15-23(13-12-20(24)2)33(31,32)28-26(3,4)5/h6-16,28H,17-18H2,1-5H3. The molecule has 0 aliphatic heterocycles. The Kier molecular flexibility index (Phi) is 7.34. The van der Waals surface area contributed by atoms with Crippen molar-refractivity contribution in [2.45, 2.75) is 58.1 Å². The molecule has 174 valence electrons. The predicted molar refractivity (Wildman–Crippen MR) is 130 cm³/mol. The Morgan fingerprint density at radius 2 is 1.70 bits per heavy atom. The molecule has 7 heteroatoms. The lowest BCUT2D eigenvalue weighted by molar-refractivity contribution is 0.0728. The Morgan fingerprint density at radius 3 is 2.33 bits per heavy atom. The molecule has 1 aromatic heterocycles. The first kappa shape index (κ1) is 24.6. The molecule has 3 rings (SSSR count). The van der Waals surface area contributed by atoms with Crippen LogP contribution < -0.4 is 4.72 Å². The van der Waals surface area contributed by atoms with Crippen molar-refractivity contribution in [1.29, 1.82) is 0 Å². The van der Waals surface area contributed by atoms with Crippen LogP contribution in [0.5, 0.6) is 0 Å². The number of aryl methyl sites for hydroxylation is 2. The fourth-order valence-corrected chi connectivity index (χ4v) is 4.98. The molecule has 0 spiro atoms. The molecule has 0 bridgehead atoms. The Balaban J connectivity index is 2.00. The van der Waals surface area contributed by atoms with Gasteiger partial charge in [0, 0.05) is 36.6 Å². The fraction of sp³-hybridized carbons (Fsp3) is 0.308. The predicted octanol–water partition coefficient (Wildman–Crippen LogP) is 4.62. The Labute approximate surface area is 196 Å². The minimum atomic E-state index is -3.77. The summed E-state index contributed by atoms with van der Waals surface area (Å²) in [5.74, 6) is -0.229. The first-order valence-corrected chi connectivity index (χ1v) is 12.3. The van der Waals surface area contributed by atoms with Gasteiger partial charge in [0.2, 0.25) is 10.0 Å². The van der Waals surface area contributed by atoms with Gasteiger partial charge in [-0.05, 0) is 75.1 Å². The highest BCUT2D eigenvalue weighted by Gasteiger charge is 2.25. The van der Waals surface area contributed by atoms with E-state index in [-0.39, 0.29) is 10.8 Å². The van der Waals surface area contributed by atoms with Gasteiger partial charge in [-0.2, -0.15) is 0 Å². The summed E-state index contributed by atoms with van der Waals surface area (Å²) in [6.45, 7) is 9.93. The molecule has 1 heterocycles. The number of aromatic nitrogens is 1. The van der Waals surface area contributed by atoms with E-state index in [1.165, 1.54) is 12.1 Å². The van der Waals surface area contributed by atoms with Crippen molar-refractivity contribution in [3.05, 3.63) is 94.8 Å². The smallest absolute Gasteiger partial charge is 0.254 e. The average molecular weight is 466 g/mol. The molecule has 0 saturated heterocycles. The number of pyridine rings is 1. The van der Waals surface area contributed by atoms with Crippen molar-refractivity contribution in [2.75, 3.05) is 0 Å². The van der Waals surface area contributed by atoms with Gasteiger partial charge in [0.15, 0.2) is 0 Å². The molecule has 33 heavy (non-hydrogen) atoms. The molecule has 0 aliphatic rings. The lowest BCUT2D eigenvalue weighted by atomic mass is 10.0. The number of nitrogens with one attached hydrogen (secondary N) is 1. The zero-order valence-corrected chi connectivity index (χ0v) is 20.6. The van der Waals surface area contributed by atoms with Gasteiger partial charge in [0.05, 0.1) is 4.90 Å². The third kappa shape index (κ3) is 6.49. The van der Waals surface area contributed by atoms with Crippen LogP contribution in [-0.4, -0.2) is 29.7 Å². The van der Waals surface area contributed by atoms with Crippen LogP contribution in [0.1, 0.15) is 53.4 Å². The Hall–Kier alpha value is -3.03. The summed E-state index contributed by atoms with van der Waals surface area (Å²) >= 11 is 0. The van der Waals surface area contributed by atoms with Crippen molar-refractivity contribution in [2.24, 2.45) is 0 Å². The maximum atomic E-state index is 13.7. The fourth-order valence-electron chi connectivity index (χ4n) is 3.54. The van der Waals surface area contributed by atoms with Crippen molar-refractivity contribution in [1.82, 2.24) is 14.6 Å². The summed E-state index contributed by atoms with van der Waals surface area (Å²) in [5, 5.41) is 0. The van der Waals surface area contributed by atoms with E-state index in [1.54, 1.807) is 44.1 Å². The molecule has 1 N–H and O–H groups in total. The zero-order valence-electron chi connectivity index (χ0n) is 19.8. The first-order chi connectivity index (χ1) is 15.5. The number of carbonyl (C=O) groups is 1. The lowest BCUT2D eigenvalue weighted by Gasteiger charge is -2.25. The van der Waals surface area contributed by atoms with E-state index in [4.69, 9.17) is 0 Å². The van der Waals surface area contributed by atoms with Crippen LogP contribution in [0, 0.1) is 13.8 Å². The molecule has 3 aromatic rings. The molecular formula is C26H31N3O3S. The number of sulfonamides is 1. The van der Waals surface area contributed by atoms with Crippen molar-refractivity contribution in [3.8, 4) is 0 Å². The van der Waals surface area contributed by atoms with Gasteiger partial charge >= 0.3 is 0 Å². The monoisotopic (exact) mass is 465 g/mol. The van der Waals surface area contributed by atoms with Crippen LogP contribution in [0.4, 0.5) is 0 Å². The van der Waals surface area contributed by atoms with Gasteiger partial charge in [-0.1, -0.05) is 36.4 Å². The second-order valence-corrected chi connectivity index (χ2v) is 11.0. The van der Waals surface area contributed by atoms with Gasteiger partial charge in [0.25, 0.3) is 5.91 Å². The van der Waals surface area contributed by atoms with Gasteiger partial charge in [0.1, 0.15) is 0 Å². The second-order valence-electron chi connectivity index (χ2n) is 9.28. The lowest BCUT2D eigenvalue weighted by Crippen LogP contribution is -2.40. The van der Waals surface area contributed by atoms with Crippen molar-refractivity contribution in [3.63, 3.8) is 0 Å². The van der Waals surface area contributed by atoms with Gasteiger partial charge in [-0.25, -0.2) is 13.1 Å². The van der Waals surface area contributed by atoms with Gasteiger partial charge in [-0.3, -0.25) is 9.78 Å². The number of nitrogens with zero attached hydrogens (tertiary/aromatic N) is 2. The van der Waals surface area contributed by atoms with Crippen LogP contribution in [0.15, 0.2) is 71.9 Å². The molecule has 0 radical (unpaired) electrons. The van der Waals surface area contributed by atoms with E-state index < -0.39 is 15.6 Å². The van der Waals surface area contributed by atoms with Gasteiger partial charge < -0.3 is 4.90 Å². The Bertz CT molecular complexity index is 1230. The highest BCUT2D eigenvalue weighted by molar-refractivity contribution is 7.89. The average Bonchev–Trinajstić information content (AvgIpc) is 2.73. The molecule has 0 unspecified atom stereocenters. The van der Waals surface area contributed by atoms with E-state index in [1.807, 2.05) is 50.2 Å². The molecule has 6 nitrogen and oxygen atoms in total. The normalized spacial score (nSPS) is 11.9. The van der Waals surface area contributed by atoms with E-state index in [0.29, 0.717) is 18.7 Å². The summed E-state index contributed by atoms with van der Waals surface area (Å²) in [4.78, 5) is 19.7. The number of hydrogen-bond acceptors (Lipinski definition) is 4. The van der Waals surface area contributed by atoms with Crippen LogP contribution in [0.3, 0.4) is 0 Å². The van der Waals surface area contributed by atoms with E-state index in [2.05, 4.69) is 9.71 Å². The van der Waals surface area contributed by atoms with E-state index in [0.717, 1.165) is 22.3 Å². The van der Waals surface area contributed by atoms with E-state index >= 15 is 0 Å². The molecule has 2 aromatic carbocycles. The second kappa shape index (κ2) is 9.85. The molecule has 0 fully saturated rings. The van der Waals surface area contributed by atoms with Gasteiger partial charge in [-0.15, -0.1) is 0 Å². The minimum absolute atomic E-state index is 0.0728. The number of benzene rings is 2. The maximum Gasteiger partial charge on any atom is 0.254 e. The number of carbonyl (C=O) groups excluding carboxylic acids is 1. The summed E-state index contributed by atoms with van der Waals surface area (Å²) in [7, 11) is -3.77. The Morgan fingerprint density at radius 1 is 0.970 bits per heavy atom. The number of hydrogen-bond donors (Lipinski definition) is 1. The largest absolute Gasteiger partial charge is 0.330 e. The van der Waals surface area contributed by atoms with Crippen LogP contribution >= 0.6 is 0 Å². The SMILES string of the molecule is Cc1ccccc1CN(Cc1cccnc1)C(=O)c1cc(S(=O)(=O)NC(C)(C)C)ccc1C. The van der Waals surface area contributed by atoms with Crippen LogP contribution in [0.25, 0.3) is 0 Å². The molecular weight excluding hydrogens is 434 g/mol. The topological polar surface area (TPSA) is 79.4 Å². The molecule has 0 aliphatic carbocycles. The summed E-state index contributed by atoms with van der Waals surface area (Å²) < 4.78 is 28.4. The highest BCUT2D eigenvalue weighted by Crippen LogP contribution is 2.22. The maximum absolute atomic E-state index is 13.7. The zero-order chi connectivity index (χ0) is 24.2. The molecule has 0 saturated carbocycles. The molecule has 1 amide bonds. The van der Waals surface area contributed by atoms with E-state index in [9.17, 15) is 13.2 Å². The summed E-state index contributed by atoms with van der Waals surface area (Å²) in [6.07, 6.45) is 3.43. The van der Waals surface area contributed by atoms with Crippen LogP contribution in [0.2, 0.25) is 0 Å². The number of amides is 1.